The topological polar surface area (TPSA) is 46.2 Å². The number of rotatable bonds is 9. The minimum Gasteiger partial charge on any atom is -0.326 e. The van der Waals surface area contributed by atoms with E-state index in [1.54, 1.807) is 12.1 Å². The maximum absolute atomic E-state index is 13.9. The van der Waals surface area contributed by atoms with Crippen molar-refractivity contribution in [2.24, 2.45) is 5.92 Å². The Morgan fingerprint density at radius 1 is 1.22 bits per heavy atom. The molecule has 0 fully saturated rings. The minimum atomic E-state index is -0.362. The van der Waals surface area contributed by atoms with Gasteiger partial charge >= 0.3 is 0 Å². The zero-order valence-corrected chi connectivity index (χ0v) is 14.8. The fourth-order valence-corrected chi connectivity index (χ4v) is 1.94. The largest absolute Gasteiger partial charge is 0.326 e. The van der Waals surface area contributed by atoms with E-state index < -0.39 is 0 Å². The summed E-state index contributed by atoms with van der Waals surface area (Å²) in [5.41, 5.74) is 0.822. The second-order valence-corrected chi connectivity index (χ2v) is 6.23. The number of ketones is 1. The summed E-state index contributed by atoms with van der Waals surface area (Å²) in [7, 11) is 0. The number of carbonyl (C=O) groups excluding carboxylic acids is 2. The standard InChI is InChI=1S/C15H20FNO2.C4H10/c1-2-13(19)9-5-3-4-7-12-8-6-10-14(15(12)16)17-11-18;1-4(2)3/h6,8,10-11H,2-5,7,9H2,1H3,(H,17,18);4H,1-3H3. The van der Waals surface area contributed by atoms with Gasteiger partial charge in [0.2, 0.25) is 6.41 Å². The molecule has 0 radical (unpaired) electrons. The van der Waals surface area contributed by atoms with Gasteiger partial charge in [-0.2, -0.15) is 0 Å². The quantitative estimate of drug-likeness (QED) is 0.505. The monoisotopic (exact) mass is 323 g/mol. The average Bonchev–Trinajstić information content (AvgIpc) is 2.49. The third-order valence-electron chi connectivity index (χ3n) is 3.09. The fourth-order valence-electron chi connectivity index (χ4n) is 1.94. The first-order valence-electron chi connectivity index (χ1n) is 8.41. The van der Waals surface area contributed by atoms with E-state index in [1.165, 1.54) is 6.07 Å². The Bertz CT molecular complexity index is 470. The summed E-state index contributed by atoms with van der Waals surface area (Å²) in [6, 6.07) is 4.99. The number of Topliss-reactive ketones (excluding diaryl/α,β-unsaturated/α-hetero) is 1. The van der Waals surface area contributed by atoms with Crippen molar-refractivity contribution in [3.05, 3.63) is 29.6 Å². The third kappa shape index (κ3) is 10.6. The van der Waals surface area contributed by atoms with Crippen LogP contribution in [-0.4, -0.2) is 12.2 Å². The maximum Gasteiger partial charge on any atom is 0.211 e. The van der Waals surface area contributed by atoms with E-state index in [9.17, 15) is 14.0 Å². The van der Waals surface area contributed by atoms with Crippen LogP contribution in [0.4, 0.5) is 10.1 Å². The molecule has 0 aliphatic rings. The predicted octanol–water partition coefficient (Wildman–Crippen LogP) is 5.14. The van der Waals surface area contributed by atoms with Crippen LogP contribution < -0.4 is 5.32 Å². The van der Waals surface area contributed by atoms with Gasteiger partial charge < -0.3 is 5.32 Å². The molecule has 0 aromatic heterocycles. The van der Waals surface area contributed by atoms with Crippen LogP contribution >= 0.6 is 0 Å². The first kappa shape index (κ1) is 21.3. The Kier molecular flexibility index (Phi) is 11.8. The van der Waals surface area contributed by atoms with Crippen LogP contribution in [0, 0.1) is 11.7 Å². The van der Waals surface area contributed by atoms with Crippen LogP contribution in [0.3, 0.4) is 0 Å². The normalized spacial score (nSPS) is 10.0. The van der Waals surface area contributed by atoms with Gasteiger partial charge in [-0.1, -0.05) is 46.2 Å². The molecule has 0 saturated carbocycles. The molecule has 1 aromatic carbocycles. The van der Waals surface area contributed by atoms with Crippen molar-refractivity contribution >= 4 is 17.9 Å². The van der Waals surface area contributed by atoms with Crippen LogP contribution in [0.2, 0.25) is 0 Å². The molecule has 0 saturated heterocycles. The number of amides is 1. The molecule has 4 heteroatoms. The molecule has 0 aliphatic carbocycles. The van der Waals surface area contributed by atoms with E-state index in [0.29, 0.717) is 31.2 Å². The number of benzene rings is 1. The van der Waals surface area contributed by atoms with Gasteiger partial charge in [0.05, 0.1) is 5.69 Å². The molecule has 23 heavy (non-hydrogen) atoms. The van der Waals surface area contributed by atoms with Gasteiger partial charge in [-0.3, -0.25) is 9.59 Å². The number of unbranched alkanes of at least 4 members (excludes halogenated alkanes) is 2. The van der Waals surface area contributed by atoms with Gasteiger partial charge in [0.25, 0.3) is 0 Å². The maximum atomic E-state index is 13.9. The van der Waals surface area contributed by atoms with Crippen molar-refractivity contribution in [1.29, 1.82) is 0 Å². The van der Waals surface area contributed by atoms with E-state index in [1.807, 2.05) is 6.92 Å². The summed E-state index contributed by atoms with van der Waals surface area (Å²) in [6.07, 6.45) is 4.92. The van der Waals surface area contributed by atoms with Crippen LogP contribution in [0.15, 0.2) is 18.2 Å². The Balaban J connectivity index is 0.00000108. The fraction of sp³-hybridized carbons (Fsp3) is 0.579. The van der Waals surface area contributed by atoms with Gasteiger partial charge in [0, 0.05) is 12.8 Å². The molecule has 130 valence electrons. The highest BCUT2D eigenvalue weighted by molar-refractivity contribution is 5.77. The highest BCUT2D eigenvalue weighted by Gasteiger charge is 2.07. The Hall–Kier alpha value is -1.71. The van der Waals surface area contributed by atoms with Crippen molar-refractivity contribution < 1.29 is 14.0 Å². The van der Waals surface area contributed by atoms with E-state index in [4.69, 9.17) is 0 Å². The second-order valence-electron chi connectivity index (χ2n) is 6.23. The lowest BCUT2D eigenvalue weighted by Gasteiger charge is -2.07. The number of halogens is 1. The molecule has 0 aliphatic heterocycles. The molecule has 1 N–H and O–H groups in total. The molecule has 1 rings (SSSR count). The van der Waals surface area contributed by atoms with Crippen LogP contribution in [0.25, 0.3) is 0 Å². The van der Waals surface area contributed by atoms with Gasteiger partial charge in [-0.05, 0) is 36.8 Å². The lowest BCUT2D eigenvalue weighted by atomic mass is 10.0. The lowest BCUT2D eigenvalue weighted by molar-refractivity contribution is -0.118. The first-order chi connectivity index (χ1) is 10.9. The first-order valence-corrected chi connectivity index (χ1v) is 8.41. The Labute approximate surface area is 139 Å². The average molecular weight is 323 g/mol. The molecule has 1 amide bonds. The van der Waals surface area contributed by atoms with E-state index in [0.717, 1.165) is 25.2 Å². The molecule has 3 nitrogen and oxygen atoms in total. The Morgan fingerprint density at radius 2 is 1.87 bits per heavy atom. The van der Waals surface area contributed by atoms with Crippen molar-refractivity contribution in [3.8, 4) is 0 Å². The molecule has 0 heterocycles. The van der Waals surface area contributed by atoms with E-state index in [-0.39, 0.29) is 17.3 Å². The zero-order chi connectivity index (χ0) is 17.7. The smallest absolute Gasteiger partial charge is 0.211 e. The number of carbonyl (C=O) groups is 2. The van der Waals surface area contributed by atoms with Crippen LogP contribution in [0.1, 0.15) is 65.4 Å². The highest BCUT2D eigenvalue weighted by atomic mass is 19.1. The number of hydrogen-bond donors (Lipinski definition) is 1. The Morgan fingerprint density at radius 3 is 2.43 bits per heavy atom. The molecule has 1 aromatic rings. The minimum absolute atomic E-state index is 0.216. The zero-order valence-electron chi connectivity index (χ0n) is 14.8. The van der Waals surface area contributed by atoms with Gasteiger partial charge in [-0.15, -0.1) is 0 Å². The summed E-state index contributed by atoms with van der Waals surface area (Å²) >= 11 is 0. The number of aryl methyl sites for hydroxylation is 1. The third-order valence-corrected chi connectivity index (χ3v) is 3.09. The molecule has 0 bridgehead atoms. The van der Waals surface area contributed by atoms with Crippen LogP contribution in [0.5, 0.6) is 0 Å². The summed E-state index contributed by atoms with van der Waals surface area (Å²) in [5.74, 6) is 0.752. The highest BCUT2D eigenvalue weighted by Crippen LogP contribution is 2.19. The SMILES string of the molecule is CC(C)C.CCC(=O)CCCCCc1cccc(NC=O)c1F. The second kappa shape index (κ2) is 12.8. The lowest BCUT2D eigenvalue weighted by Crippen LogP contribution is -2.00. The van der Waals surface area contributed by atoms with Gasteiger partial charge in [0.1, 0.15) is 11.6 Å². The van der Waals surface area contributed by atoms with E-state index in [2.05, 4.69) is 26.1 Å². The summed E-state index contributed by atoms with van der Waals surface area (Å²) < 4.78 is 13.9. The van der Waals surface area contributed by atoms with Crippen molar-refractivity contribution in [2.45, 2.75) is 66.2 Å². The molecule has 0 spiro atoms. The predicted molar refractivity (Wildman–Crippen MR) is 94.1 cm³/mol. The van der Waals surface area contributed by atoms with Crippen molar-refractivity contribution in [1.82, 2.24) is 0 Å². The summed E-state index contributed by atoms with van der Waals surface area (Å²) in [4.78, 5) is 21.4. The van der Waals surface area contributed by atoms with Crippen molar-refractivity contribution in [2.75, 3.05) is 5.32 Å². The summed E-state index contributed by atoms with van der Waals surface area (Å²) in [5, 5.41) is 2.34. The van der Waals surface area contributed by atoms with Crippen molar-refractivity contribution in [3.63, 3.8) is 0 Å². The molecular weight excluding hydrogens is 293 g/mol. The van der Waals surface area contributed by atoms with E-state index >= 15 is 0 Å². The molecule has 0 atom stereocenters. The number of anilines is 1. The number of hydrogen-bond acceptors (Lipinski definition) is 2. The van der Waals surface area contributed by atoms with Crippen LogP contribution in [-0.2, 0) is 16.0 Å². The van der Waals surface area contributed by atoms with Gasteiger partial charge in [-0.25, -0.2) is 4.39 Å². The number of nitrogens with one attached hydrogen (secondary N) is 1. The molecule has 0 unspecified atom stereocenters. The van der Waals surface area contributed by atoms with Gasteiger partial charge in [0.15, 0.2) is 0 Å². The summed E-state index contributed by atoms with van der Waals surface area (Å²) in [6.45, 7) is 8.36. The molecular formula is C19H30FNO2.